The molecule has 0 radical (unpaired) electrons. The minimum Gasteiger partial charge on any atom is -0.387 e. The molecule has 0 rings (SSSR count). The number of phosphoric acid groups is 1. The molecule has 0 spiro atoms. The zero-order chi connectivity index (χ0) is 48.5. The maximum atomic E-state index is 12.7. The lowest BCUT2D eigenvalue weighted by molar-refractivity contribution is -0.870. The standard InChI is InChI=1S/C57H101N2O6P/c1-6-8-10-11-12-13-14-15-16-17-18-19-20-21-22-23-24-25-26-27-28-29-30-31-32-33-34-35-36-37-38-39-40-41-42-43-44-45-46-47-49-51-57(61)58-55(56(60)50-48-9-7-2)54-65-66(62,63)64-53-52-59(3,4)5/h8,10,12-13,15-16,18-19,21-22,24-25,27-28,48,50,55-56,60H,6-7,9,11,14,17,20,23,26,29-47,49,51-54H2,1-5H3,(H-,58,61,62,63)/p+1/b10-8-,13-12-,16-15-,19-18-,22-21-,25-24-,28-27-,50-48+. The molecule has 1 amide bonds. The molecular weight excluding hydrogens is 840 g/mol. The topological polar surface area (TPSA) is 105 Å². The summed E-state index contributed by atoms with van der Waals surface area (Å²) in [4.78, 5) is 22.8. The van der Waals surface area contributed by atoms with E-state index in [4.69, 9.17) is 9.05 Å². The van der Waals surface area contributed by atoms with Gasteiger partial charge in [0, 0.05) is 6.42 Å². The van der Waals surface area contributed by atoms with Crippen LogP contribution in [-0.2, 0) is 18.4 Å². The van der Waals surface area contributed by atoms with Crippen molar-refractivity contribution in [2.45, 2.75) is 219 Å². The third kappa shape index (κ3) is 49.3. The average molecular weight is 942 g/mol. The lowest BCUT2D eigenvalue weighted by Gasteiger charge is -2.25. The second-order valence-corrected chi connectivity index (χ2v) is 20.3. The summed E-state index contributed by atoms with van der Waals surface area (Å²) in [6, 6.07) is -0.844. The van der Waals surface area contributed by atoms with Crippen LogP contribution in [0, 0.1) is 0 Å². The summed E-state index contributed by atoms with van der Waals surface area (Å²) < 4.78 is 23.3. The Kier molecular flexibility index (Phi) is 45.6. The van der Waals surface area contributed by atoms with E-state index in [1.165, 1.54) is 109 Å². The van der Waals surface area contributed by atoms with Gasteiger partial charge in [-0.25, -0.2) is 4.57 Å². The monoisotopic (exact) mass is 942 g/mol. The van der Waals surface area contributed by atoms with Crippen molar-refractivity contribution in [3.05, 3.63) is 97.2 Å². The van der Waals surface area contributed by atoms with Crippen LogP contribution >= 0.6 is 7.82 Å². The Morgan fingerprint density at radius 2 is 0.909 bits per heavy atom. The Hall–Kier alpha value is -2.58. The van der Waals surface area contributed by atoms with Gasteiger partial charge < -0.3 is 19.8 Å². The quantitative estimate of drug-likeness (QED) is 0.0243. The number of rotatable bonds is 47. The molecule has 0 saturated carbocycles. The lowest BCUT2D eigenvalue weighted by Crippen LogP contribution is -2.45. The van der Waals surface area contributed by atoms with E-state index in [9.17, 15) is 19.4 Å². The van der Waals surface area contributed by atoms with E-state index < -0.39 is 20.0 Å². The Labute approximate surface area is 407 Å². The molecule has 0 aliphatic carbocycles. The second kappa shape index (κ2) is 47.5. The van der Waals surface area contributed by atoms with Gasteiger partial charge in [0.25, 0.3) is 0 Å². The highest BCUT2D eigenvalue weighted by atomic mass is 31.2. The maximum Gasteiger partial charge on any atom is 0.472 e. The fraction of sp³-hybridized carbons (Fsp3) is 0.702. The maximum absolute atomic E-state index is 12.7. The lowest BCUT2D eigenvalue weighted by atomic mass is 10.0. The zero-order valence-corrected chi connectivity index (χ0v) is 44.0. The number of aliphatic hydroxyl groups excluding tert-OH is 1. The molecule has 0 bridgehead atoms. The molecule has 380 valence electrons. The number of aliphatic hydroxyl groups is 1. The highest BCUT2D eigenvalue weighted by Gasteiger charge is 2.27. The van der Waals surface area contributed by atoms with Crippen LogP contribution in [0.3, 0.4) is 0 Å². The number of quaternary nitrogens is 1. The first kappa shape index (κ1) is 63.4. The van der Waals surface area contributed by atoms with Crippen molar-refractivity contribution >= 4 is 13.7 Å². The molecule has 0 fully saturated rings. The van der Waals surface area contributed by atoms with Crippen LogP contribution in [-0.4, -0.2) is 73.4 Å². The summed E-state index contributed by atoms with van der Waals surface area (Å²) in [6.45, 7) is 4.47. The Morgan fingerprint density at radius 1 is 0.530 bits per heavy atom. The van der Waals surface area contributed by atoms with Crippen LogP contribution in [0.2, 0.25) is 0 Å². The molecule has 3 unspecified atom stereocenters. The zero-order valence-electron chi connectivity index (χ0n) is 43.1. The van der Waals surface area contributed by atoms with E-state index in [-0.39, 0.29) is 19.1 Å². The van der Waals surface area contributed by atoms with Gasteiger partial charge in [0.1, 0.15) is 13.2 Å². The molecule has 0 heterocycles. The van der Waals surface area contributed by atoms with Crippen LogP contribution in [0.5, 0.6) is 0 Å². The first-order valence-corrected chi connectivity index (χ1v) is 28.1. The van der Waals surface area contributed by atoms with Crippen molar-refractivity contribution < 1.29 is 32.9 Å². The van der Waals surface area contributed by atoms with E-state index >= 15 is 0 Å². The highest BCUT2D eigenvalue weighted by molar-refractivity contribution is 7.47. The van der Waals surface area contributed by atoms with Gasteiger partial charge in [0.2, 0.25) is 5.91 Å². The average Bonchev–Trinajstić information content (AvgIpc) is 3.27. The minimum atomic E-state index is -4.32. The summed E-state index contributed by atoms with van der Waals surface area (Å²) in [5.74, 6) is -0.191. The van der Waals surface area contributed by atoms with Gasteiger partial charge in [-0.15, -0.1) is 0 Å². The van der Waals surface area contributed by atoms with Crippen molar-refractivity contribution in [3.8, 4) is 0 Å². The van der Waals surface area contributed by atoms with Crippen molar-refractivity contribution in [2.75, 3.05) is 40.9 Å². The third-order valence-electron chi connectivity index (χ3n) is 11.3. The molecule has 3 N–H and O–H groups in total. The first-order valence-electron chi connectivity index (χ1n) is 26.6. The van der Waals surface area contributed by atoms with Crippen molar-refractivity contribution in [3.63, 3.8) is 0 Å². The summed E-state index contributed by atoms with van der Waals surface area (Å²) in [6.07, 6.45) is 69.0. The second-order valence-electron chi connectivity index (χ2n) is 18.9. The molecule has 0 aliphatic heterocycles. The van der Waals surface area contributed by atoms with Crippen LogP contribution < -0.4 is 5.32 Å². The van der Waals surface area contributed by atoms with Crippen molar-refractivity contribution in [2.24, 2.45) is 0 Å². The first-order chi connectivity index (χ1) is 32.0. The van der Waals surface area contributed by atoms with Gasteiger partial charge in [-0.3, -0.25) is 13.8 Å². The van der Waals surface area contributed by atoms with Gasteiger partial charge in [-0.1, -0.05) is 227 Å². The van der Waals surface area contributed by atoms with E-state index in [0.29, 0.717) is 17.4 Å². The van der Waals surface area contributed by atoms with Crippen LogP contribution in [0.1, 0.15) is 206 Å². The van der Waals surface area contributed by atoms with E-state index in [2.05, 4.69) is 97.3 Å². The van der Waals surface area contributed by atoms with Crippen molar-refractivity contribution in [1.82, 2.24) is 5.32 Å². The molecule has 0 aromatic heterocycles. The van der Waals surface area contributed by atoms with Crippen LogP contribution in [0.4, 0.5) is 0 Å². The summed E-state index contributed by atoms with van der Waals surface area (Å²) >= 11 is 0. The van der Waals surface area contributed by atoms with Crippen molar-refractivity contribution in [1.29, 1.82) is 0 Å². The summed E-state index contributed by atoms with van der Waals surface area (Å²) in [7, 11) is 1.56. The summed E-state index contributed by atoms with van der Waals surface area (Å²) in [5.41, 5.74) is 0. The molecule has 0 saturated heterocycles. The number of nitrogens with one attached hydrogen (secondary N) is 1. The number of allylic oxidation sites excluding steroid dienone is 15. The van der Waals surface area contributed by atoms with E-state index in [1.54, 1.807) is 6.08 Å². The Morgan fingerprint density at radius 3 is 1.30 bits per heavy atom. The number of nitrogens with zero attached hydrogens (tertiary/aromatic N) is 1. The number of carbonyl (C=O) groups is 1. The number of hydrogen-bond acceptors (Lipinski definition) is 5. The SMILES string of the molecule is CC/C=C\C/C=C\C/C=C\C/C=C\C/C=C\C/C=C\C/C=C\CCCCCCCCCCCCCCCCCCCCCC(=O)NC(COP(=O)(O)OCC[N+](C)(C)C)C(O)/C=C/CCC. The fourth-order valence-electron chi connectivity index (χ4n) is 7.15. The smallest absolute Gasteiger partial charge is 0.387 e. The Bertz CT molecular complexity index is 1390. The van der Waals surface area contributed by atoms with E-state index in [0.717, 1.165) is 77.0 Å². The molecule has 66 heavy (non-hydrogen) atoms. The normalized spacial score (nSPS) is 14.8. The molecular formula is C57H102N2O6P+. The summed E-state index contributed by atoms with van der Waals surface area (Å²) in [5, 5.41) is 13.5. The Balaban J connectivity index is 3.69. The predicted octanol–water partition coefficient (Wildman–Crippen LogP) is 15.9. The largest absolute Gasteiger partial charge is 0.472 e. The number of likely N-dealkylation sites (N-methyl/N-ethyl adjacent to an activating group) is 1. The molecule has 9 heteroatoms. The third-order valence-corrected chi connectivity index (χ3v) is 12.3. The van der Waals surface area contributed by atoms with Gasteiger partial charge in [0.05, 0.1) is 39.9 Å². The fourth-order valence-corrected chi connectivity index (χ4v) is 7.88. The number of phosphoric ester groups is 1. The molecule has 8 nitrogen and oxygen atoms in total. The van der Waals surface area contributed by atoms with Crippen LogP contribution in [0.25, 0.3) is 0 Å². The number of carbonyl (C=O) groups excluding carboxylic acids is 1. The molecule has 3 atom stereocenters. The van der Waals surface area contributed by atoms with Gasteiger partial charge in [-0.05, 0) is 70.6 Å². The molecule has 0 aromatic carbocycles. The number of hydrogen-bond donors (Lipinski definition) is 3. The number of unbranched alkanes of at least 4 members (excludes halogenated alkanes) is 20. The molecule has 0 aromatic rings. The predicted molar refractivity (Wildman–Crippen MR) is 286 cm³/mol. The molecule has 0 aliphatic rings. The highest BCUT2D eigenvalue weighted by Crippen LogP contribution is 2.43. The van der Waals surface area contributed by atoms with Crippen LogP contribution in [0.15, 0.2) is 97.2 Å². The minimum absolute atomic E-state index is 0.0577. The van der Waals surface area contributed by atoms with E-state index in [1.807, 2.05) is 34.1 Å². The van der Waals surface area contributed by atoms with Gasteiger partial charge in [-0.2, -0.15) is 0 Å². The number of amides is 1. The van der Waals surface area contributed by atoms with Gasteiger partial charge >= 0.3 is 7.82 Å². The van der Waals surface area contributed by atoms with Gasteiger partial charge in [0.15, 0.2) is 0 Å².